The average molecular weight is 375 g/mol. The van der Waals surface area contributed by atoms with Gasteiger partial charge in [0.2, 0.25) is 0 Å². The molecule has 3 rings (SSSR count). The molecule has 116 valence electrons. The first-order valence-corrected chi connectivity index (χ1v) is 7.51. The summed E-state index contributed by atoms with van der Waals surface area (Å²) in [6, 6.07) is 12.5. The Balaban J connectivity index is 1.85. The lowest BCUT2D eigenvalue weighted by Crippen LogP contribution is -2.07. The number of carbonyl (C=O) groups is 1. The first kappa shape index (κ1) is 15.3. The summed E-state index contributed by atoms with van der Waals surface area (Å²) in [5.74, 6) is -0.498. The van der Waals surface area contributed by atoms with Crippen molar-refractivity contribution >= 4 is 32.9 Å². The Labute approximate surface area is 139 Å². The number of hydrogen-bond acceptors (Lipinski definition) is 5. The number of fused-ring (bicyclic) bond motifs is 1. The van der Waals surface area contributed by atoms with Crippen molar-refractivity contribution in [3.63, 3.8) is 0 Å². The number of ether oxygens (including phenoxy) is 1. The molecule has 6 heteroatoms. The van der Waals surface area contributed by atoms with Crippen LogP contribution in [0.15, 0.2) is 62.2 Å². The van der Waals surface area contributed by atoms with E-state index in [9.17, 15) is 14.7 Å². The van der Waals surface area contributed by atoms with Crippen LogP contribution in [0.4, 0.5) is 0 Å². The molecule has 2 aromatic carbocycles. The molecule has 0 saturated heterocycles. The first-order valence-electron chi connectivity index (χ1n) is 6.71. The van der Waals surface area contributed by atoms with E-state index in [4.69, 9.17) is 9.15 Å². The van der Waals surface area contributed by atoms with E-state index in [1.165, 1.54) is 18.2 Å². The number of esters is 1. The smallest absolute Gasteiger partial charge is 0.338 e. The minimum atomic E-state index is -0.571. The zero-order valence-electron chi connectivity index (χ0n) is 11.8. The molecule has 0 atom stereocenters. The Hall–Kier alpha value is -2.60. The lowest BCUT2D eigenvalue weighted by atomic mass is 10.1. The van der Waals surface area contributed by atoms with Gasteiger partial charge in [-0.1, -0.05) is 15.9 Å². The van der Waals surface area contributed by atoms with Gasteiger partial charge in [-0.2, -0.15) is 0 Å². The molecular weight excluding hydrogens is 364 g/mol. The van der Waals surface area contributed by atoms with E-state index in [2.05, 4.69) is 15.9 Å². The number of hydrogen-bond donors (Lipinski definition) is 1. The lowest BCUT2D eigenvalue weighted by molar-refractivity contribution is 0.0474. The molecule has 0 aliphatic rings. The lowest BCUT2D eigenvalue weighted by Gasteiger charge is -2.07. The molecule has 1 N–H and O–H groups in total. The molecule has 0 spiro atoms. The molecule has 0 unspecified atom stereocenters. The van der Waals surface area contributed by atoms with Gasteiger partial charge >= 0.3 is 11.6 Å². The quantitative estimate of drug-likeness (QED) is 0.559. The Morgan fingerprint density at radius 1 is 1.13 bits per heavy atom. The monoisotopic (exact) mass is 374 g/mol. The molecule has 23 heavy (non-hydrogen) atoms. The van der Waals surface area contributed by atoms with Gasteiger partial charge in [0.15, 0.2) is 0 Å². The van der Waals surface area contributed by atoms with Crippen molar-refractivity contribution in [3.05, 3.63) is 74.6 Å². The Morgan fingerprint density at radius 3 is 2.61 bits per heavy atom. The summed E-state index contributed by atoms with van der Waals surface area (Å²) in [5, 5.41) is 10.1. The standard InChI is InChI=1S/C17H11BrO5/c18-12-3-1-10(2-4-12)17(21)22-9-11-7-16(20)23-15-8-13(19)5-6-14(11)15/h1-8,19H,9H2. The predicted molar refractivity (Wildman–Crippen MR) is 87.4 cm³/mol. The Morgan fingerprint density at radius 2 is 1.87 bits per heavy atom. The highest BCUT2D eigenvalue weighted by atomic mass is 79.9. The molecule has 1 heterocycles. The van der Waals surface area contributed by atoms with Crippen molar-refractivity contribution in [2.24, 2.45) is 0 Å². The largest absolute Gasteiger partial charge is 0.508 e. The van der Waals surface area contributed by atoms with Gasteiger partial charge < -0.3 is 14.3 Å². The van der Waals surface area contributed by atoms with Gasteiger partial charge in [0.05, 0.1) is 5.56 Å². The summed E-state index contributed by atoms with van der Waals surface area (Å²) in [6.07, 6.45) is 0. The highest BCUT2D eigenvalue weighted by Crippen LogP contribution is 2.22. The van der Waals surface area contributed by atoms with E-state index in [0.717, 1.165) is 4.47 Å². The van der Waals surface area contributed by atoms with Crippen LogP contribution in [0, 0.1) is 0 Å². The summed E-state index contributed by atoms with van der Waals surface area (Å²) in [7, 11) is 0. The Bertz CT molecular complexity index is 928. The zero-order valence-corrected chi connectivity index (χ0v) is 13.4. The number of phenols is 1. The van der Waals surface area contributed by atoms with Crippen molar-refractivity contribution in [3.8, 4) is 5.75 Å². The molecule has 5 nitrogen and oxygen atoms in total. The molecule has 0 radical (unpaired) electrons. The molecule has 0 amide bonds. The van der Waals surface area contributed by atoms with Crippen LogP contribution >= 0.6 is 15.9 Å². The molecule has 0 aliphatic heterocycles. The molecule has 3 aromatic rings. The topological polar surface area (TPSA) is 76.7 Å². The van der Waals surface area contributed by atoms with Crippen LogP contribution in [0.1, 0.15) is 15.9 Å². The number of phenolic OH excluding ortho intramolecular Hbond substituents is 1. The van der Waals surface area contributed by atoms with E-state index < -0.39 is 11.6 Å². The zero-order chi connectivity index (χ0) is 16.4. The van der Waals surface area contributed by atoms with E-state index in [1.807, 2.05) is 0 Å². The number of halogens is 1. The maximum atomic E-state index is 12.0. The fourth-order valence-electron chi connectivity index (χ4n) is 2.15. The first-order chi connectivity index (χ1) is 11.0. The molecule has 0 bridgehead atoms. The molecule has 0 fully saturated rings. The van der Waals surface area contributed by atoms with Crippen molar-refractivity contribution < 1.29 is 19.1 Å². The van der Waals surface area contributed by atoms with E-state index >= 15 is 0 Å². The third kappa shape index (κ3) is 3.43. The van der Waals surface area contributed by atoms with Crippen LogP contribution in [-0.2, 0) is 11.3 Å². The average Bonchev–Trinajstić information content (AvgIpc) is 2.52. The maximum absolute atomic E-state index is 12.0. The highest BCUT2D eigenvalue weighted by Gasteiger charge is 2.11. The third-order valence-corrected chi connectivity index (χ3v) is 3.78. The van der Waals surface area contributed by atoms with Gasteiger partial charge in [-0.3, -0.25) is 0 Å². The minimum absolute atomic E-state index is 0.00958. The summed E-state index contributed by atoms with van der Waals surface area (Å²) in [4.78, 5) is 23.6. The van der Waals surface area contributed by atoms with Gasteiger partial charge in [0.1, 0.15) is 17.9 Å². The SMILES string of the molecule is O=C(OCc1cc(=O)oc2cc(O)ccc12)c1ccc(Br)cc1. The van der Waals surface area contributed by atoms with Gasteiger partial charge in [-0.25, -0.2) is 9.59 Å². The van der Waals surface area contributed by atoms with E-state index in [-0.39, 0.29) is 17.9 Å². The normalized spacial score (nSPS) is 10.7. The van der Waals surface area contributed by atoms with Crippen molar-refractivity contribution in [1.82, 2.24) is 0 Å². The summed E-state index contributed by atoms with van der Waals surface area (Å²) < 4.78 is 11.1. The summed E-state index contributed by atoms with van der Waals surface area (Å²) >= 11 is 3.29. The Kier molecular flexibility index (Phi) is 4.16. The van der Waals surface area contributed by atoms with Crippen LogP contribution in [0.25, 0.3) is 11.0 Å². The fourth-order valence-corrected chi connectivity index (χ4v) is 2.41. The van der Waals surface area contributed by atoms with Gasteiger partial charge in [0, 0.05) is 27.6 Å². The highest BCUT2D eigenvalue weighted by molar-refractivity contribution is 9.10. The van der Waals surface area contributed by atoms with Crippen LogP contribution in [0.3, 0.4) is 0 Å². The second kappa shape index (κ2) is 6.26. The number of carbonyl (C=O) groups excluding carboxylic acids is 1. The van der Waals surface area contributed by atoms with Crippen molar-refractivity contribution in [1.29, 1.82) is 0 Å². The van der Waals surface area contributed by atoms with Crippen LogP contribution < -0.4 is 5.63 Å². The molecule has 0 aliphatic carbocycles. The van der Waals surface area contributed by atoms with Crippen LogP contribution in [-0.4, -0.2) is 11.1 Å². The molecular formula is C17H11BrO5. The summed E-state index contributed by atoms with van der Waals surface area (Å²) in [6.45, 7) is -0.0677. The predicted octanol–water partition coefficient (Wildman–Crippen LogP) is 3.62. The van der Waals surface area contributed by atoms with E-state index in [0.29, 0.717) is 16.5 Å². The van der Waals surface area contributed by atoms with Gasteiger partial charge in [0.25, 0.3) is 0 Å². The number of rotatable bonds is 3. The second-order valence-electron chi connectivity index (χ2n) is 4.85. The van der Waals surface area contributed by atoms with Crippen LogP contribution in [0.5, 0.6) is 5.75 Å². The third-order valence-electron chi connectivity index (χ3n) is 3.25. The molecule has 1 aromatic heterocycles. The number of benzene rings is 2. The number of aromatic hydroxyl groups is 1. The van der Waals surface area contributed by atoms with E-state index in [1.54, 1.807) is 30.3 Å². The minimum Gasteiger partial charge on any atom is -0.508 e. The van der Waals surface area contributed by atoms with Gasteiger partial charge in [-0.15, -0.1) is 0 Å². The van der Waals surface area contributed by atoms with Crippen molar-refractivity contribution in [2.75, 3.05) is 0 Å². The second-order valence-corrected chi connectivity index (χ2v) is 5.77. The van der Waals surface area contributed by atoms with Crippen molar-refractivity contribution in [2.45, 2.75) is 6.61 Å². The summed E-state index contributed by atoms with van der Waals surface area (Å²) in [5.41, 5.74) is 0.602. The fraction of sp³-hybridized carbons (Fsp3) is 0.0588. The maximum Gasteiger partial charge on any atom is 0.338 e. The van der Waals surface area contributed by atoms with Gasteiger partial charge in [-0.05, 0) is 36.4 Å². The van der Waals surface area contributed by atoms with Crippen LogP contribution in [0.2, 0.25) is 0 Å². The molecule has 0 saturated carbocycles.